The number of amides is 1. The molecule has 5 heteroatoms. The summed E-state index contributed by atoms with van der Waals surface area (Å²) in [6, 6.07) is 2.62. The van der Waals surface area contributed by atoms with Crippen molar-refractivity contribution in [1.82, 2.24) is 5.32 Å². The Morgan fingerprint density at radius 2 is 2.35 bits per heavy atom. The molecule has 0 saturated carbocycles. The van der Waals surface area contributed by atoms with E-state index in [4.69, 9.17) is 16.3 Å². The van der Waals surface area contributed by atoms with Crippen molar-refractivity contribution >= 4 is 17.5 Å². The number of benzene rings is 1. The van der Waals surface area contributed by atoms with E-state index in [0.717, 1.165) is 0 Å². The van der Waals surface area contributed by atoms with Gasteiger partial charge in [0.1, 0.15) is 11.6 Å². The Kier molecular flexibility index (Phi) is 3.52. The summed E-state index contributed by atoms with van der Waals surface area (Å²) >= 11 is 6.01. The van der Waals surface area contributed by atoms with Crippen LogP contribution in [-0.2, 0) is 4.79 Å². The summed E-state index contributed by atoms with van der Waals surface area (Å²) in [5, 5.41) is 3.14. The zero-order valence-corrected chi connectivity index (χ0v) is 10.2. The molecule has 1 aliphatic rings. The first-order chi connectivity index (χ1) is 8.06. The van der Waals surface area contributed by atoms with Gasteiger partial charge in [0, 0.05) is 24.9 Å². The maximum atomic E-state index is 13.2. The van der Waals surface area contributed by atoms with E-state index >= 15 is 0 Å². The zero-order valence-electron chi connectivity index (χ0n) is 9.43. The van der Waals surface area contributed by atoms with Crippen LogP contribution in [0.4, 0.5) is 4.39 Å². The van der Waals surface area contributed by atoms with E-state index in [1.54, 1.807) is 6.92 Å². The first kappa shape index (κ1) is 12.2. The molecule has 1 aromatic rings. The second kappa shape index (κ2) is 4.92. The van der Waals surface area contributed by atoms with Crippen LogP contribution in [0.1, 0.15) is 12.0 Å². The summed E-state index contributed by atoms with van der Waals surface area (Å²) in [6.45, 7) is 2.69. The van der Waals surface area contributed by atoms with Crippen molar-refractivity contribution < 1.29 is 13.9 Å². The lowest BCUT2D eigenvalue weighted by Crippen LogP contribution is -2.16. The minimum atomic E-state index is -0.373. The highest BCUT2D eigenvalue weighted by atomic mass is 35.5. The van der Waals surface area contributed by atoms with E-state index in [-0.39, 0.29) is 17.6 Å². The van der Waals surface area contributed by atoms with Crippen LogP contribution in [0.25, 0.3) is 0 Å². The van der Waals surface area contributed by atoms with Crippen molar-refractivity contribution in [3.63, 3.8) is 0 Å². The molecule has 1 amide bonds. The molecular weight excluding hydrogens is 245 g/mol. The van der Waals surface area contributed by atoms with Gasteiger partial charge >= 0.3 is 0 Å². The summed E-state index contributed by atoms with van der Waals surface area (Å²) < 4.78 is 18.6. The van der Waals surface area contributed by atoms with Gasteiger partial charge in [0.25, 0.3) is 0 Å². The SMILES string of the molecule is Cc1cc(F)cc(OC[C@H]2CNC(=O)C2)c1Cl. The Morgan fingerprint density at radius 1 is 1.59 bits per heavy atom. The van der Waals surface area contributed by atoms with Crippen molar-refractivity contribution in [2.24, 2.45) is 5.92 Å². The number of nitrogens with one attached hydrogen (secondary N) is 1. The van der Waals surface area contributed by atoms with E-state index in [9.17, 15) is 9.18 Å². The first-order valence-electron chi connectivity index (χ1n) is 5.41. The topological polar surface area (TPSA) is 38.3 Å². The lowest BCUT2D eigenvalue weighted by molar-refractivity contribution is -0.119. The van der Waals surface area contributed by atoms with Gasteiger partial charge < -0.3 is 10.1 Å². The summed E-state index contributed by atoms with van der Waals surface area (Å²) in [6.07, 6.45) is 0.450. The van der Waals surface area contributed by atoms with E-state index < -0.39 is 0 Å². The van der Waals surface area contributed by atoms with Crippen molar-refractivity contribution in [2.45, 2.75) is 13.3 Å². The number of hydrogen-bond donors (Lipinski definition) is 1. The number of halogens is 2. The third-order valence-electron chi connectivity index (χ3n) is 2.72. The molecule has 1 N–H and O–H groups in total. The fourth-order valence-corrected chi connectivity index (χ4v) is 1.95. The molecule has 1 aromatic carbocycles. The van der Waals surface area contributed by atoms with Crippen LogP contribution in [0, 0.1) is 18.7 Å². The van der Waals surface area contributed by atoms with Crippen molar-refractivity contribution in [2.75, 3.05) is 13.2 Å². The van der Waals surface area contributed by atoms with Crippen LogP contribution < -0.4 is 10.1 Å². The van der Waals surface area contributed by atoms with Crippen LogP contribution in [0.5, 0.6) is 5.75 Å². The van der Waals surface area contributed by atoms with Gasteiger partial charge in [0.15, 0.2) is 0 Å². The highest BCUT2D eigenvalue weighted by Crippen LogP contribution is 2.29. The Bertz CT molecular complexity index is 450. The predicted molar refractivity (Wildman–Crippen MR) is 62.8 cm³/mol. The lowest BCUT2D eigenvalue weighted by Gasteiger charge is -2.12. The van der Waals surface area contributed by atoms with E-state index in [1.807, 2.05) is 0 Å². The zero-order chi connectivity index (χ0) is 12.4. The van der Waals surface area contributed by atoms with Gasteiger partial charge in [-0.15, -0.1) is 0 Å². The molecule has 1 atom stereocenters. The van der Waals surface area contributed by atoms with E-state index in [1.165, 1.54) is 12.1 Å². The summed E-state index contributed by atoms with van der Waals surface area (Å²) in [7, 11) is 0. The van der Waals surface area contributed by atoms with E-state index in [2.05, 4.69) is 5.32 Å². The van der Waals surface area contributed by atoms with E-state index in [0.29, 0.717) is 35.9 Å². The predicted octanol–water partition coefficient (Wildman–Crippen LogP) is 2.30. The molecule has 17 heavy (non-hydrogen) atoms. The average Bonchev–Trinajstić information content (AvgIpc) is 2.67. The standard InChI is InChI=1S/C12H13ClFNO2/c1-7-2-9(14)4-10(12(7)13)17-6-8-3-11(16)15-5-8/h2,4,8H,3,5-6H2,1H3,(H,15,16)/t8-/m1/s1. The monoisotopic (exact) mass is 257 g/mol. The van der Waals surface area contributed by atoms with Crippen LogP contribution in [0.2, 0.25) is 5.02 Å². The molecule has 0 aliphatic carbocycles. The minimum Gasteiger partial charge on any atom is -0.492 e. The number of ether oxygens (including phenoxy) is 1. The molecule has 0 radical (unpaired) electrons. The summed E-state index contributed by atoms with van der Waals surface area (Å²) in [4.78, 5) is 11.0. The molecule has 3 nitrogen and oxygen atoms in total. The highest BCUT2D eigenvalue weighted by molar-refractivity contribution is 6.32. The van der Waals surface area contributed by atoms with Crippen LogP contribution in [0.15, 0.2) is 12.1 Å². The fraction of sp³-hybridized carbons (Fsp3) is 0.417. The van der Waals surface area contributed by atoms with Crippen molar-refractivity contribution in [3.8, 4) is 5.75 Å². The van der Waals surface area contributed by atoms with Crippen LogP contribution >= 0.6 is 11.6 Å². The quantitative estimate of drug-likeness (QED) is 0.902. The van der Waals surface area contributed by atoms with Gasteiger partial charge in [-0.2, -0.15) is 0 Å². The smallest absolute Gasteiger partial charge is 0.220 e. The van der Waals surface area contributed by atoms with Crippen LogP contribution in [-0.4, -0.2) is 19.1 Å². The number of aryl methyl sites for hydroxylation is 1. The highest BCUT2D eigenvalue weighted by Gasteiger charge is 2.22. The number of rotatable bonds is 3. The van der Waals surface area contributed by atoms with Gasteiger partial charge in [-0.25, -0.2) is 4.39 Å². The first-order valence-corrected chi connectivity index (χ1v) is 5.79. The molecule has 1 saturated heterocycles. The Hall–Kier alpha value is -1.29. The van der Waals surface area contributed by atoms with Gasteiger partial charge in [0.2, 0.25) is 5.91 Å². The maximum Gasteiger partial charge on any atom is 0.220 e. The van der Waals surface area contributed by atoms with Gasteiger partial charge in [0.05, 0.1) is 11.6 Å². The average molecular weight is 258 g/mol. The maximum absolute atomic E-state index is 13.2. The number of hydrogen-bond acceptors (Lipinski definition) is 2. The summed E-state index contributed by atoms with van der Waals surface area (Å²) in [5.74, 6) is 0.119. The molecular formula is C12H13ClFNO2. The Labute approximate surface area is 104 Å². The molecule has 1 heterocycles. The molecule has 0 unspecified atom stereocenters. The molecule has 0 aromatic heterocycles. The van der Waals surface area contributed by atoms with Crippen molar-refractivity contribution in [3.05, 3.63) is 28.5 Å². The van der Waals surface area contributed by atoms with Gasteiger partial charge in [-0.1, -0.05) is 11.6 Å². The normalized spacial score (nSPS) is 19.2. The van der Waals surface area contributed by atoms with Gasteiger partial charge in [-0.05, 0) is 18.6 Å². The van der Waals surface area contributed by atoms with Gasteiger partial charge in [-0.3, -0.25) is 4.79 Å². The molecule has 2 rings (SSSR count). The minimum absolute atomic E-state index is 0.0279. The molecule has 92 valence electrons. The second-order valence-electron chi connectivity index (χ2n) is 4.22. The largest absolute Gasteiger partial charge is 0.492 e. The lowest BCUT2D eigenvalue weighted by atomic mass is 10.1. The fourth-order valence-electron chi connectivity index (χ4n) is 1.79. The third kappa shape index (κ3) is 2.88. The van der Waals surface area contributed by atoms with Crippen molar-refractivity contribution in [1.29, 1.82) is 0 Å². The number of carbonyl (C=O) groups excluding carboxylic acids is 1. The molecule has 0 spiro atoms. The number of carbonyl (C=O) groups is 1. The Balaban J connectivity index is 2.01. The second-order valence-corrected chi connectivity index (χ2v) is 4.60. The molecule has 1 fully saturated rings. The molecule has 0 bridgehead atoms. The third-order valence-corrected chi connectivity index (χ3v) is 3.21. The Morgan fingerprint density at radius 3 is 3.00 bits per heavy atom. The van der Waals surface area contributed by atoms with Crippen LogP contribution in [0.3, 0.4) is 0 Å². The summed E-state index contributed by atoms with van der Waals surface area (Å²) in [5.41, 5.74) is 0.641. The molecule has 1 aliphatic heterocycles.